The van der Waals surface area contributed by atoms with Crippen LogP contribution in [0.5, 0.6) is 0 Å². The van der Waals surface area contributed by atoms with Gasteiger partial charge in [0.25, 0.3) is 0 Å². The number of benzene rings is 1. The molecule has 15 heavy (non-hydrogen) atoms. The molecule has 1 saturated carbocycles. The Morgan fingerprint density at radius 3 is 2.73 bits per heavy atom. The van der Waals surface area contributed by atoms with E-state index in [1.165, 1.54) is 43.2 Å². The van der Waals surface area contributed by atoms with E-state index in [0.29, 0.717) is 5.41 Å². The largest absolute Gasteiger partial charge is 0.330 e. The molecule has 3 rings (SSSR count). The Morgan fingerprint density at radius 2 is 2.07 bits per heavy atom. The smallest absolute Gasteiger partial charge is 0.0411 e. The average Bonchev–Trinajstić information content (AvgIpc) is 2.90. The van der Waals surface area contributed by atoms with E-state index in [9.17, 15) is 0 Å². The van der Waals surface area contributed by atoms with Gasteiger partial charge in [-0.1, -0.05) is 11.6 Å². The van der Waals surface area contributed by atoms with Crippen molar-refractivity contribution < 1.29 is 0 Å². The predicted molar refractivity (Wildman–Crippen MR) is 63.4 cm³/mol. The van der Waals surface area contributed by atoms with E-state index in [1.54, 1.807) is 5.56 Å². The topological polar surface area (TPSA) is 26.0 Å². The minimum absolute atomic E-state index is 0.291. The molecule has 0 saturated heterocycles. The first-order chi connectivity index (χ1) is 7.25. The van der Waals surface area contributed by atoms with Gasteiger partial charge in [-0.05, 0) is 60.9 Å². The molecule has 0 amide bonds. The second-order valence-electron chi connectivity index (χ2n) is 4.93. The highest BCUT2D eigenvalue weighted by Gasteiger charge is 2.44. The maximum Gasteiger partial charge on any atom is 0.0411 e. The van der Waals surface area contributed by atoms with Crippen molar-refractivity contribution in [2.24, 2.45) is 5.73 Å². The van der Waals surface area contributed by atoms with Crippen LogP contribution in [-0.2, 0) is 18.3 Å². The number of fused-ring (bicyclic) bond motifs is 1. The summed E-state index contributed by atoms with van der Waals surface area (Å²) in [6, 6.07) is 4.30. The highest BCUT2D eigenvalue weighted by atomic mass is 35.5. The molecule has 0 aromatic heterocycles. The van der Waals surface area contributed by atoms with Crippen LogP contribution in [0.4, 0.5) is 0 Å². The summed E-state index contributed by atoms with van der Waals surface area (Å²) in [5.41, 5.74) is 10.7. The normalized spacial score (nSPS) is 21.5. The van der Waals surface area contributed by atoms with Crippen molar-refractivity contribution in [2.75, 3.05) is 6.54 Å². The summed E-state index contributed by atoms with van der Waals surface area (Å²) in [6.45, 7) is 0.778. The molecule has 0 radical (unpaired) electrons. The van der Waals surface area contributed by atoms with Gasteiger partial charge in [0.1, 0.15) is 0 Å². The lowest BCUT2D eigenvalue weighted by Gasteiger charge is -2.18. The highest BCUT2D eigenvalue weighted by Crippen LogP contribution is 2.50. The van der Waals surface area contributed by atoms with Crippen LogP contribution in [-0.4, -0.2) is 6.54 Å². The molecule has 0 spiro atoms. The maximum atomic E-state index is 6.18. The maximum absolute atomic E-state index is 6.18. The van der Waals surface area contributed by atoms with Gasteiger partial charge < -0.3 is 5.73 Å². The number of nitrogens with two attached hydrogens (primary N) is 1. The van der Waals surface area contributed by atoms with Gasteiger partial charge in [-0.3, -0.25) is 0 Å². The molecule has 1 fully saturated rings. The molecule has 2 heteroatoms. The predicted octanol–water partition coefficient (Wildman–Crippen LogP) is 2.82. The van der Waals surface area contributed by atoms with E-state index in [4.69, 9.17) is 17.3 Å². The van der Waals surface area contributed by atoms with Crippen LogP contribution in [0.25, 0.3) is 0 Å². The first kappa shape index (κ1) is 9.68. The van der Waals surface area contributed by atoms with E-state index >= 15 is 0 Å². The van der Waals surface area contributed by atoms with Crippen LogP contribution in [0.1, 0.15) is 36.0 Å². The minimum atomic E-state index is 0.291. The zero-order valence-electron chi connectivity index (χ0n) is 8.85. The second-order valence-corrected chi connectivity index (χ2v) is 5.37. The van der Waals surface area contributed by atoms with Crippen molar-refractivity contribution in [3.8, 4) is 0 Å². The van der Waals surface area contributed by atoms with Gasteiger partial charge in [-0.2, -0.15) is 0 Å². The average molecular weight is 222 g/mol. The molecule has 1 nitrogen and oxygen atoms in total. The molecule has 1 aromatic rings. The summed E-state index contributed by atoms with van der Waals surface area (Å²) in [5.74, 6) is 0. The summed E-state index contributed by atoms with van der Waals surface area (Å²) >= 11 is 6.18. The van der Waals surface area contributed by atoms with Gasteiger partial charge in [-0.25, -0.2) is 0 Å². The van der Waals surface area contributed by atoms with Crippen LogP contribution in [0.2, 0.25) is 5.02 Å². The number of aryl methyl sites for hydroxylation is 1. The van der Waals surface area contributed by atoms with Crippen molar-refractivity contribution in [1.82, 2.24) is 0 Å². The van der Waals surface area contributed by atoms with Crippen molar-refractivity contribution in [3.05, 3.63) is 33.8 Å². The second kappa shape index (κ2) is 3.23. The third-order valence-electron chi connectivity index (χ3n) is 4.00. The number of hydrogen-bond acceptors (Lipinski definition) is 1. The van der Waals surface area contributed by atoms with Crippen molar-refractivity contribution in [3.63, 3.8) is 0 Å². The minimum Gasteiger partial charge on any atom is -0.330 e. The summed E-state index contributed by atoms with van der Waals surface area (Å²) in [6.07, 6.45) is 6.20. The summed E-state index contributed by atoms with van der Waals surface area (Å²) in [5, 5.41) is 0.894. The van der Waals surface area contributed by atoms with Gasteiger partial charge in [-0.15, -0.1) is 0 Å². The zero-order chi connectivity index (χ0) is 10.5. The first-order valence-electron chi connectivity index (χ1n) is 5.77. The fourth-order valence-electron chi connectivity index (χ4n) is 2.87. The van der Waals surface area contributed by atoms with Crippen LogP contribution in [0.3, 0.4) is 0 Å². The van der Waals surface area contributed by atoms with Crippen molar-refractivity contribution in [2.45, 2.75) is 37.5 Å². The van der Waals surface area contributed by atoms with Gasteiger partial charge in [0, 0.05) is 17.0 Å². The quantitative estimate of drug-likeness (QED) is 0.817. The Bertz CT molecular complexity index is 407. The molecule has 2 N–H and O–H groups in total. The van der Waals surface area contributed by atoms with E-state index in [1.807, 2.05) is 0 Å². The molecule has 0 atom stereocenters. The van der Waals surface area contributed by atoms with E-state index in [0.717, 1.165) is 11.6 Å². The molecule has 0 aliphatic heterocycles. The molecule has 80 valence electrons. The molecule has 0 unspecified atom stereocenters. The van der Waals surface area contributed by atoms with Gasteiger partial charge in [0.05, 0.1) is 0 Å². The van der Waals surface area contributed by atoms with Gasteiger partial charge >= 0.3 is 0 Å². The molecular formula is C13H16ClN. The summed E-state index contributed by atoms with van der Waals surface area (Å²) in [4.78, 5) is 0. The summed E-state index contributed by atoms with van der Waals surface area (Å²) in [7, 11) is 0. The third kappa shape index (κ3) is 1.41. The van der Waals surface area contributed by atoms with Crippen molar-refractivity contribution >= 4 is 11.6 Å². The Balaban J connectivity index is 2.15. The van der Waals surface area contributed by atoms with Crippen LogP contribution in [0, 0.1) is 0 Å². The molecular weight excluding hydrogens is 206 g/mol. The molecule has 0 heterocycles. The van der Waals surface area contributed by atoms with E-state index in [2.05, 4.69) is 12.1 Å². The monoisotopic (exact) mass is 221 g/mol. The lowest BCUT2D eigenvalue weighted by atomic mass is 9.89. The lowest BCUT2D eigenvalue weighted by Crippen LogP contribution is -2.21. The fraction of sp³-hybridized carbons (Fsp3) is 0.538. The SMILES string of the molecule is NCC1(c2cc(Cl)cc3c2CCC3)CC1. The standard InChI is InChI=1S/C13H16ClN/c14-10-6-9-2-1-3-11(9)12(7-10)13(8-15)4-5-13/h6-7H,1-5,8,15H2. The number of rotatable bonds is 2. The molecule has 2 aliphatic carbocycles. The summed E-state index contributed by atoms with van der Waals surface area (Å²) < 4.78 is 0. The van der Waals surface area contributed by atoms with Gasteiger partial charge in [0.15, 0.2) is 0 Å². The Kier molecular flexibility index (Phi) is 2.08. The van der Waals surface area contributed by atoms with E-state index < -0.39 is 0 Å². The van der Waals surface area contributed by atoms with Crippen LogP contribution >= 0.6 is 11.6 Å². The molecule has 1 aromatic carbocycles. The first-order valence-corrected chi connectivity index (χ1v) is 6.15. The van der Waals surface area contributed by atoms with Crippen LogP contribution in [0.15, 0.2) is 12.1 Å². The number of halogens is 1. The fourth-order valence-corrected chi connectivity index (χ4v) is 3.12. The molecule has 2 aliphatic rings. The van der Waals surface area contributed by atoms with E-state index in [-0.39, 0.29) is 0 Å². The van der Waals surface area contributed by atoms with Gasteiger partial charge in [0.2, 0.25) is 0 Å². The Labute approximate surface area is 95.6 Å². The third-order valence-corrected chi connectivity index (χ3v) is 4.21. The Morgan fingerprint density at radius 1 is 1.27 bits per heavy atom. The highest BCUT2D eigenvalue weighted by molar-refractivity contribution is 6.30. The zero-order valence-corrected chi connectivity index (χ0v) is 9.61. The lowest BCUT2D eigenvalue weighted by molar-refractivity contribution is 0.695. The van der Waals surface area contributed by atoms with Crippen molar-refractivity contribution in [1.29, 1.82) is 0 Å². The molecule has 0 bridgehead atoms. The number of hydrogen-bond donors (Lipinski definition) is 1. The Hall–Kier alpha value is -0.530. The van der Waals surface area contributed by atoms with Crippen LogP contribution < -0.4 is 5.73 Å².